The number of halogens is 1. The lowest BCUT2D eigenvalue weighted by Gasteiger charge is -2.25. The Kier molecular flexibility index (Phi) is 3.91. The molecule has 3 heterocycles. The van der Waals surface area contributed by atoms with Gasteiger partial charge in [0.1, 0.15) is 17.2 Å². The summed E-state index contributed by atoms with van der Waals surface area (Å²) in [6.45, 7) is 3.56. The summed E-state index contributed by atoms with van der Waals surface area (Å²) in [5.74, 6) is -0.168. The molecule has 0 atom stereocenters. The molecule has 0 aliphatic rings. The number of hydrogen-bond acceptors (Lipinski definition) is 6. The fourth-order valence-corrected chi connectivity index (χ4v) is 2.84. The van der Waals surface area contributed by atoms with Gasteiger partial charge in [-0.15, -0.1) is 10.2 Å². The number of nitrogens with zero attached hydrogens (tertiary/aromatic N) is 4. The van der Waals surface area contributed by atoms with Crippen LogP contribution in [0.1, 0.15) is 19.5 Å². The molecular weight excluding hydrogens is 349 g/mol. The Morgan fingerprint density at radius 3 is 2.70 bits per heavy atom. The van der Waals surface area contributed by atoms with E-state index in [9.17, 15) is 9.18 Å². The van der Waals surface area contributed by atoms with Crippen molar-refractivity contribution in [1.82, 2.24) is 30.4 Å². The van der Waals surface area contributed by atoms with E-state index in [0.717, 1.165) is 0 Å². The lowest BCUT2D eigenvalue weighted by molar-refractivity contribution is 0.510. The van der Waals surface area contributed by atoms with Crippen molar-refractivity contribution in [1.29, 1.82) is 0 Å². The van der Waals surface area contributed by atoms with Gasteiger partial charge in [-0.25, -0.2) is 9.37 Å². The average molecular weight is 365 g/mol. The van der Waals surface area contributed by atoms with Gasteiger partial charge in [0.2, 0.25) is 5.95 Å². The fraction of sp³-hybridized carbons (Fsp3) is 0.167. The van der Waals surface area contributed by atoms with E-state index in [1.54, 1.807) is 32.2 Å². The lowest BCUT2D eigenvalue weighted by Crippen LogP contribution is -2.31. The molecule has 136 valence electrons. The summed E-state index contributed by atoms with van der Waals surface area (Å²) in [7, 11) is 0. The van der Waals surface area contributed by atoms with E-state index in [1.165, 1.54) is 18.3 Å². The molecule has 1 aromatic carbocycles. The molecule has 0 saturated carbocycles. The number of nitrogens with one attached hydrogen (secondary N) is 3. The highest BCUT2D eigenvalue weighted by atomic mass is 19.1. The zero-order valence-corrected chi connectivity index (χ0v) is 14.6. The number of fused-ring (bicyclic) bond motifs is 1. The van der Waals surface area contributed by atoms with Crippen molar-refractivity contribution >= 4 is 16.9 Å². The zero-order valence-electron chi connectivity index (χ0n) is 14.6. The molecule has 0 bridgehead atoms. The van der Waals surface area contributed by atoms with E-state index in [0.29, 0.717) is 22.2 Å². The predicted octanol–water partition coefficient (Wildman–Crippen LogP) is 2.59. The molecule has 0 amide bonds. The number of aromatic nitrogens is 6. The van der Waals surface area contributed by atoms with Gasteiger partial charge >= 0.3 is 0 Å². The van der Waals surface area contributed by atoms with Gasteiger partial charge in [-0.2, -0.15) is 0 Å². The van der Waals surface area contributed by atoms with Gasteiger partial charge in [0.15, 0.2) is 0 Å². The minimum Gasteiger partial charge on any atom is -0.342 e. The van der Waals surface area contributed by atoms with Gasteiger partial charge in [-0.1, -0.05) is 6.07 Å². The lowest BCUT2D eigenvalue weighted by atomic mass is 9.99. The number of pyridine rings is 1. The van der Waals surface area contributed by atoms with Gasteiger partial charge in [0.05, 0.1) is 22.6 Å². The summed E-state index contributed by atoms with van der Waals surface area (Å²) >= 11 is 0. The first-order valence-corrected chi connectivity index (χ1v) is 8.24. The second-order valence-electron chi connectivity index (χ2n) is 6.59. The molecule has 0 fully saturated rings. The van der Waals surface area contributed by atoms with Crippen LogP contribution in [0.25, 0.3) is 22.2 Å². The number of hydrogen-bond donors (Lipinski definition) is 3. The highest BCUT2D eigenvalue weighted by Gasteiger charge is 2.26. The largest absolute Gasteiger partial charge is 0.342 e. The quantitative estimate of drug-likeness (QED) is 0.512. The first kappa shape index (κ1) is 16.8. The first-order valence-electron chi connectivity index (χ1n) is 8.24. The van der Waals surface area contributed by atoms with Crippen molar-refractivity contribution in [2.75, 3.05) is 5.32 Å². The van der Waals surface area contributed by atoms with E-state index in [2.05, 4.69) is 35.7 Å². The van der Waals surface area contributed by atoms with Crippen LogP contribution in [0, 0.1) is 5.82 Å². The van der Waals surface area contributed by atoms with Crippen LogP contribution in [0.15, 0.2) is 47.5 Å². The molecule has 0 aliphatic carbocycles. The molecule has 0 aliphatic heterocycles. The van der Waals surface area contributed by atoms with E-state index in [-0.39, 0.29) is 17.2 Å². The van der Waals surface area contributed by atoms with Crippen LogP contribution in [-0.4, -0.2) is 30.4 Å². The van der Waals surface area contributed by atoms with Crippen molar-refractivity contribution < 1.29 is 4.39 Å². The summed E-state index contributed by atoms with van der Waals surface area (Å²) < 4.78 is 14.0. The second-order valence-corrected chi connectivity index (χ2v) is 6.59. The molecule has 0 spiro atoms. The summed E-state index contributed by atoms with van der Waals surface area (Å²) in [4.78, 5) is 20.1. The summed E-state index contributed by atoms with van der Waals surface area (Å²) in [6.07, 6.45) is 3.07. The minimum atomic E-state index is -0.828. The van der Waals surface area contributed by atoms with Gasteiger partial charge in [0.25, 0.3) is 5.56 Å². The third kappa shape index (κ3) is 3.14. The van der Waals surface area contributed by atoms with E-state index < -0.39 is 11.4 Å². The number of rotatable bonds is 4. The van der Waals surface area contributed by atoms with E-state index >= 15 is 0 Å². The van der Waals surface area contributed by atoms with Crippen molar-refractivity contribution in [2.24, 2.45) is 0 Å². The van der Waals surface area contributed by atoms with Crippen molar-refractivity contribution in [3.8, 4) is 11.3 Å². The van der Waals surface area contributed by atoms with Crippen LogP contribution in [0.3, 0.4) is 0 Å². The standard InChI is InChI=1S/C18H16FN7O/c1-18(2,15-12(19)4-3-7-20-15)22-17-21-9-14(24-26-17)10-5-6-13-11(8-10)16(27)25-23-13/h3-9H,1-2H3,(H,21,22,26)(H2,23,25,27). The molecule has 27 heavy (non-hydrogen) atoms. The van der Waals surface area contributed by atoms with E-state index in [4.69, 9.17) is 0 Å². The maximum atomic E-state index is 14.0. The Balaban J connectivity index is 1.61. The van der Waals surface area contributed by atoms with Gasteiger partial charge in [0, 0.05) is 11.8 Å². The fourth-order valence-electron chi connectivity index (χ4n) is 2.84. The molecular formula is C18H16FN7O. The summed E-state index contributed by atoms with van der Waals surface area (Å²) in [5.41, 5.74) is 1.17. The molecule has 9 heteroatoms. The van der Waals surface area contributed by atoms with Crippen molar-refractivity contribution in [3.05, 3.63) is 64.6 Å². The maximum absolute atomic E-state index is 14.0. The van der Waals surface area contributed by atoms with Crippen molar-refractivity contribution in [2.45, 2.75) is 19.4 Å². The van der Waals surface area contributed by atoms with Gasteiger partial charge in [-0.3, -0.25) is 20.0 Å². The molecule has 0 saturated heterocycles. The number of anilines is 1. The minimum absolute atomic E-state index is 0.204. The third-order valence-electron chi connectivity index (χ3n) is 4.21. The molecule has 3 aromatic heterocycles. The predicted molar refractivity (Wildman–Crippen MR) is 98.6 cm³/mol. The Hall–Kier alpha value is -3.62. The van der Waals surface area contributed by atoms with E-state index in [1.807, 2.05) is 6.07 Å². The second kappa shape index (κ2) is 6.27. The topological polar surface area (TPSA) is 112 Å². The highest BCUT2D eigenvalue weighted by Crippen LogP contribution is 2.25. The Bertz CT molecular complexity index is 1160. The van der Waals surface area contributed by atoms with Crippen LogP contribution in [0.2, 0.25) is 0 Å². The normalized spacial score (nSPS) is 11.7. The van der Waals surface area contributed by atoms with Gasteiger partial charge in [-0.05, 0) is 38.1 Å². The third-order valence-corrected chi connectivity index (χ3v) is 4.21. The molecule has 4 aromatic rings. The van der Waals surface area contributed by atoms with Crippen LogP contribution in [0.5, 0.6) is 0 Å². The first-order chi connectivity index (χ1) is 12.9. The number of benzene rings is 1. The van der Waals surface area contributed by atoms with Crippen LogP contribution >= 0.6 is 0 Å². The van der Waals surface area contributed by atoms with Crippen molar-refractivity contribution in [3.63, 3.8) is 0 Å². The van der Waals surface area contributed by atoms with Crippen LogP contribution in [-0.2, 0) is 5.54 Å². The molecule has 8 nitrogen and oxygen atoms in total. The molecule has 0 unspecified atom stereocenters. The molecule has 4 rings (SSSR count). The smallest absolute Gasteiger partial charge is 0.271 e. The monoisotopic (exact) mass is 365 g/mol. The summed E-state index contributed by atoms with van der Waals surface area (Å²) in [6, 6.07) is 8.21. The Morgan fingerprint density at radius 1 is 1.11 bits per heavy atom. The summed E-state index contributed by atoms with van der Waals surface area (Å²) in [5, 5.41) is 17.1. The number of H-pyrrole nitrogens is 2. The number of aromatic amines is 2. The Labute approximate surface area is 152 Å². The molecule has 3 N–H and O–H groups in total. The van der Waals surface area contributed by atoms with Crippen LogP contribution in [0.4, 0.5) is 10.3 Å². The SMILES string of the molecule is CC(C)(Nc1ncc(-c2ccc3[nH][nH]c(=O)c3c2)nn1)c1ncccc1F. The van der Waals surface area contributed by atoms with Crippen LogP contribution < -0.4 is 10.9 Å². The Morgan fingerprint density at radius 2 is 1.96 bits per heavy atom. The maximum Gasteiger partial charge on any atom is 0.271 e. The average Bonchev–Trinajstić information content (AvgIpc) is 3.03. The highest BCUT2D eigenvalue weighted by molar-refractivity contribution is 5.82. The van der Waals surface area contributed by atoms with Gasteiger partial charge < -0.3 is 5.32 Å². The molecule has 0 radical (unpaired) electrons. The zero-order chi connectivity index (χ0) is 19.0.